The molecule has 0 spiro atoms. The van der Waals surface area contributed by atoms with Crippen molar-refractivity contribution in [3.63, 3.8) is 0 Å². The van der Waals surface area contributed by atoms with Crippen LogP contribution in [0.2, 0.25) is 0 Å². The van der Waals surface area contributed by atoms with E-state index in [0.717, 1.165) is 56.1 Å². The molecule has 1 aromatic heterocycles. The van der Waals surface area contributed by atoms with Crippen molar-refractivity contribution in [2.75, 3.05) is 32.7 Å². The molecule has 0 radical (unpaired) electrons. The van der Waals surface area contributed by atoms with Crippen LogP contribution in [0.3, 0.4) is 0 Å². The zero-order valence-corrected chi connectivity index (χ0v) is 19.9. The number of piperazine rings is 1. The van der Waals surface area contributed by atoms with E-state index >= 15 is 0 Å². The van der Waals surface area contributed by atoms with Gasteiger partial charge in [0.25, 0.3) is 5.91 Å². The molecule has 8 heteroatoms. The molecule has 180 valence electrons. The summed E-state index contributed by atoms with van der Waals surface area (Å²) in [5.74, 6) is 0.833. The van der Waals surface area contributed by atoms with Gasteiger partial charge in [0, 0.05) is 38.6 Å². The van der Waals surface area contributed by atoms with Crippen molar-refractivity contribution in [1.82, 2.24) is 20.1 Å². The second-order valence-electron chi connectivity index (χ2n) is 9.66. The molecule has 8 nitrogen and oxygen atoms in total. The maximum absolute atomic E-state index is 13.4. The van der Waals surface area contributed by atoms with Gasteiger partial charge in [-0.2, -0.15) is 5.10 Å². The van der Waals surface area contributed by atoms with Crippen LogP contribution in [0.25, 0.3) is 0 Å². The van der Waals surface area contributed by atoms with E-state index in [-0.39, 0.29) is 23.9 Å². The predicted octanol–water partition coefficient (Wildman–Crippen LogP) is 2.55. The fraction of sp³-hybridized carbons (Fsp3) is 0.500. The van der Waals surface area contributed by atoms with Crippen LogP contribution in [0.5, 0.6) is 0 Å². The van der Waals surface area contributed by atoms with Crippen molar-refractivity contribution in [3.8, 4) is 0 Å². The van der Waals surface area contributed by atoms with E-state index in [0.29, 0.717) is 19.0 Å². The Bertz CT molecular complexity index is 1040. The number of rotatable bonds is 7. The Labute approximate surface area is 200 Å². The van der Waals surface area contributed by atoms with Gasteiger partial charge in [0.2, 0.25) is 5.91 Å². The first-order valence-corrected chi connectivity index (χ1v) is 12.2. The lowest BCUT2D eigenvalue weighted by Gasteiger charge is -2.37. The third kappa shape index (κ3) is 5.08. The van der Waals surface area contributed by atoms with E-state index in [1.807, 2.05) is 19.1 Å². The Kier molecular flexibility index (Phi) is 6.52. The van der Waals surface area contributed by atoms with Crippen molar-refractivity contribution in [3.05, 3.63) is 59.5 Å². The highest BCUT2D eigenvalue weighted by Gasteiger charge is 2.36. The molecule has 2 fully saturated rings. The molecule has 3 heterocycles. The molecule has 1 saturated heterocycles. The molecule has 2 aromatic rings. The number of hydrogen-bond acceptors (Lipinski definition) is 6. The quantitative estimate of drug-likeness (QED) is 0.683. The van der Waals surface area contributed by atoms with Crippen LogP contribution in [0, 0.1) is 6.92 Å². The molecular weight excluding hydrogens is 430 g/mol. The van der Waals surface area contributed by atoms with Gasteiger partial charge in [0.1, 0.15) is 11.8 Å². The van der Waals surface area contributed by atoms with E-state index in [1.165, 1.54) is 5.56 Å². The second kappa shape index (κ2) is 9.72. The van der Waals surface area contributed by atoms with Gasteiger partial charge in [-0.3, -0.25) is 19.4 Å². The maximum atomic E-state index is 13.4. The van der Waals surface area contributed by atoms with Gasteiger partial charge in [0.15, 0.2) is 0 Å². The van der Waals surface area contributed by atoms with Crippen molar-refractivity contribution >= 4 is 17.5 Å². The molecule has 1 saturated carbocycles. The SMILES string of the molecule is Cc1ccc(C2=NN(C(=O)CN3CCN(C(C)C(=O)NC4CC4)CC3)C(c3ccco3)C2)cc1. The monoisotopic (exact) mass is 463 g/mol. The van der Waals surface area contributed by atoms with Crippen LogP contribution in [-0.4, -0.2) is 77.1 Å². The smallest absolute Gasteiger partial charge is 0.257 e. The summed E-state index contributed by atoms with van der Waals surface area (Å²) in [6, 6.07) is 12.0. The van der Waals surface area contributed by atoms with Crippen LogP contribution in [-0.2, 0) is 9.59 Å². The number of benzene rings is 1. The Morgan fingerprint density at radius 3 is 2.50 bits per heavy atom. The summed E-state index contributed by atoms with van der Waals surface area (Å²) in [4.78, 5) is 30.1. The summed E-state index contributed by atoms with van der Waals surface area (Å²) in [5.41, 5.74) is 3.12. The number of furan rings is 1. The molecule has 2 aliphatic heterocycles. The van der Waals surface area contributed by atoms with Crippen LogP contribution in [0.4, 0.5) is 0 Å². The van der Waals surface area contributed by atoms with Crippen LogP contribution >= 0.6 is 0 Å². The maximum Gasteiger partial charge on any atom is 0.257 e. The molecule has 1 N–H and O–H groups in total. The first-order valence-electron chi connectivity index (χ1n) is 12.2. The Morgan fingerprint density at radius 1 is 1.12 bits per heavy atom. The minimum Gasteiger partial charge on any atom is -0.467 e. The number of hydrogen-bond donors (Lipinski definition) is 1. The molecule has 5 rings (SSSR count). The third-order valence-electron chi connectivity index (χ3n) is 7.04. The lowest BCUT2D eigenvalue weighted by Crippen LogP contribution is -2.55. The summed E-state index contributed by atoms with van der Waals surface area (Å²) in [6.07, 6.45) is 4.46. The molecule has 1 aliphatic carbocycles. The summed E-state index contributed by atoms with van der Waals surface area (Å²) in [5, 5.41) is 9.44. The summed E-state index contributed by atoms with van der Waals surface area (Å²) < 4.78 is 5.66. The number of carbonyl (C=O) groups excluding carboxylic acids is 2. The first kappa shape index (κ1) is 22.8. The van der Waals surface area contributed by atoms with Gasteiger partial charge >= 0.3 is 0 Å². The number of hydrazone groups is 1. The van der Waals surface area contributed by atoms with Crippen molar-refractivity contribution in [2.24, 2.45) is 5.10 Å². The topological polar surface area (TPSA) is 81.4 Å². The number of nitrogens with one attached hydrogen (secondary N) is 1. The largest absolute Gasteiger partial charge is 0.467 e. The normalized spacial score (nSPS) is 22.5. The summed E-state index contributed by atoms with van der Waals surface area (Å²) in [6.45, 7) is 7.37. The highest BCUT2D eigenvalue weighted by molar-refractivity contribution is 6.03. The van der Waals surface area contributed by atoms with Gasteiger partial charge in [0.05, 0.1) is 24.6 Å². The zero-order valence-electron chi connectivity index (χ0n) is 19.9. The van der Waals surface area contributed by atoms with Crippen molar-refractivity contribution < 1.29 is 14.0 Å². The van der Waals surface area contributed by atoms with Crippen molar-refractivity contribution in [2.45, 2.75) is 51.2 Å². The third-order valence-corrected chi connectivity index (χ3v) is 7.04. The average molecular weight is 464 g/mol. The first-order chi connectivity index (χ1) is 16.5. The molecule has 3 aliphatic rings. The Balaban J connectivity index is 1.21. The van der Waals surface area contributed by atoms with E-state index in [9.17, 15) is 9.59 Å². The van der Waals surface area contributed by atoms with E-state index < -0.39 is 0 Å². The molecule has 2 atom stereocenters. The molecule has 34 heavy (non-hydrogen) atoms. The molecule has 0 bridgehead atoms. The number of nitrogens with zero attached hydrogens (tertiary/aromatic N) is 4. The fourth-order valence-electron chi connectivity index (χ4n) is 4.65. The van der Waals surface area contributed by atoms with Gasteiger partial charge < -0.3 is 9.73 Å². The van der Waals surface area contributed by atoms with Crippen LogP contribution < -0.4 is 5.32 Å². The second-order valence-corrected chi connectivity index (χ2v) is 9.66. The van der Waals surface area contributed by atoms with Gasteiger partial charge in [-0.1, -0.05) is 29.8 Å². The number of carbonyl (C=O) groups is 2. The average Bonchev–Trinajstić information content (AvgIpc) is 3.31. The molecule has 2 amide bonds. The highest BCUT2D eigenvalue weighted by atomic mass is 16.3. The minimum absolute atomic E-state index is 0.0310. The van der Waals surface area contributed by atoms with E-state index in [4.69, 9.17) is 9.52 Å². The Morgan fingerprint density at radius 2 is 1.85 bits per heavy atom. The fourth-order valence-corrected chi connectivity index (χ4v) is 4.65. The molecule has 1 aromatic carbocycles. The van der Waals surface area contributed by atoms with E-state index in [2.05, 4.69) is 46.3 Å². The van der Waals surface area contributed by atoms with Gasteiger partial charge in [-0.25, -0.2) is 5.01 Å². The van der Waals surface area contributed by atoms with Crippen LogP contribution in [0.1, 0.15) is 49.1 Å². The molecular formula is C26H33N5O3. The highest BCUT2D eigenvalue weighted by Crippen LogP contribution is 2.33. The van der Waals surface area contributed by atoms with Crippen molar-refractivity contribution in [1.29, 1.82) is 0 Å². The van der Waals surface area contributed by atoms with Crippen LogP contribution in [0.15, 0.2) is 52.2 Å². The summed E-state index contributed by atoms with van der Waals surface area (Å²) >= 11 is 0. The van der Waals surface area contributed by atoms with Gasteiger partial charge in [-0.05, 0) is 44.4 Å². The summed E-state index contributed by atoms with van der Waals surface area (Å²) in [7, 11) is 0. The Hall–Kier alpha value is -2.97. The number of amides is 2. The van der Waals surface area contributed by atoms with E-state index in [1.54, 1.807) is 11.3 Å². The standard InChI is InChI=1S/C26H33N5O3/c1-18-5-7-20(8-6-18)22-16-23(24-4-3-15-34-24)31(28-22)25(32)17-29-11-13-30(14-12-29)19(2)26(33)27-21-9-10-21/h3-8,15,19,21,23H,9-14,16-17H2,1-2H3,(H,27,33). The number of aryl methyl sites for hydroxylation is 1. The minimum atomic E-state index is -0.230. The molecule has 2 unspecified atom stereocenters. The predicted molar refractivity (Wildman–Crippen MR) is 129 cm³/mol. The lowest BCUT2D eigenvalue weighted by atomic mass is 10.0. The lowest BCUT2D eigenvalue weighted by molar-refractivity contribution is -0.135. The van der Waals surface area contributed by atoms with Gasteiger partial charge in [-0.15, -0.1) is 0 Å². The zero-order chi connectivity index (χ0) is 23.7.